The van der Waals surface area contributed by atoms with Crippen LogP contribution in [-0.2, 0) is 41.7 Å². The van der Waals surface area contributed by atoms with Gasteiger partial charge >= 0.3 is 11.9 Å². The highest BCUT2D eigenvalue weighted by molar-refractivity contribution is 7.91. The monoisotopic (exact) mass is 842 g/mol. The molecule has 0 aliphatic heterocycles. The van der Waals surface area contributed by atoms with Gasteiger partial charge in [0.2, 0.25) is 9.84 Å². The molecule has 0 atom stereocenters. The average molecular weight is 843 g/mol. The number of hydrogen-bond donors (Lipinski definition) is 0. The number of esters is 2. The maximum atomic E-state index is 13.5. The summed E-state index contributed by atoms with van der Waals surface area (Å²) in [6, 6.07) is 34.4. The Labute approximate surface area is 362 Å². The fourth-order valence-corrected chi connectivity index (χ4v) is 8.37. The molecule has 0 saturated heterocycles. The molecule has 0 fully saturated rings. The molecule has 4 aromatic carbocycles. The molecular weight excluding hydrogens is 785 g/mol. The predicted octanol–water partition coefficient (Wildman–Crippen LogP) is 9.93. The van der Waals surface area contributed by atoms with Crippen LogP contribution in [0.1, 0.15) is 88.5 Å². The number of sulfone groups is 1. The average Bonchev–Trinajstić information content (AvgIpc) is 3.27. The Hall–Kier alpha value is -6.17. The Balaban J connectivity index is 1.20. The second-order valence-corrected chi connectivity index (χ2v) is 17.4. The number of hydrogen-bond acceptors (Lipinski definition) is 10. The molecule has 0 aromatic heterocycles. The molecule has 0 heterocycles. The zero-order chi connectivity index (χ0) is 44.4. The van der Waals surface area contributed by atoms with E-state index >= 15 is 0 Å². The van der Waals surface area contributed by atoms with E-state index in [1.807, 2.05) is 84.9 Å². The van der Waals surface area contributed by atoms with Gasteiger partial charge in [-0.25, -0.2) is 18.0 Å². The number of anilines is 2. The summed E-state index contributed by atoms with van der Waals surface area (Å²) in [6.45, 7) is 10.4. The third-order valence-corrected chi connectivity index (χ3v) is 12.4. The van der Waals surface area contributed by atoms with Gasteiger partial charge in [-0.3, -0.25) is 0 Å². The largest absolute Gasteiger partial charge is 0.465 e. The number of carbonyl (C=O) groups is 2. The van der Waals surface area contributed by atoms with Crippen LogP contribution in [-0.4, -0.2) is 59.7 Å². The quantitative estimate of drug-likeness (QED) is 0.0325. The number of unbranched alkanes of at least 4 members (excludes halogenated alkanes) is 4. The molecule has 11 heteroatoms. The maximum absolute atomic E-state index is 13.5. The summed E-state index contributed by atoms with van der Waals surface area (Å²) in [4.78, 5) is 28.8. The van der Waals surface area contributed by atoms with Crippen molar-refractivity contribution in [2.24, 2.45) is 0 Å². The van der Waals surface area contributed by atoms with E-state index in [-0.39, 0.29) is 22.1 Å². The Morgan fingerprint density at radius 2 is 0.902 bits per heavy atom. The third kappa shape index (κ3) is 13.9. The maximum Gasteiger partial charge on any atom is 0.348 e. The van der Waals surface area contributed by atoms with Gasteiger partial charge in [-0.2, -0.15) is 10.5 Å². The van der Waals surface area contributed by atoms with Crippen molar-refractivity contribution in [2.45, 2.75) is 101 Å². The summed E-state index contributed by atoms with van der Waals surface area (Å²) in [5.41, 5.74) is 5.77. The number of ether oxygens (including phenoxy) is 2. The lowest BCUT2D eigenvalue weighted by atomic mass is 10.1. The summed E-state index contributed by atoms with van der Waals surface area (Å²) in [6.07, 6.45) is 10.9. The smallest absolute Gasteiger partial charge is 0.348 e. The molecule has 4 aromatic rings. The fraction of sp³-hybridized carbons (Fsp3) is 0.360. The van der Waals surface area contributed by atoms with Gasteiger partial charge < -0.3 is 19.3 Å². The Morgan fingerprint density at radius 3 is 1.25 bits per heavy atom. The van der Waals surface area contributed by atoms with E-state index in [1.54, 1.807) is 24.3 Å². The van der Waals surface area contributed by atoms with Crippen LogP contribution >= 0.6 is 0 Å². The lowest BCUT2D eigenvalue weighted by Gasteiger charge is -2.29. The first-order valence-corrected chi connectivity index (χ1v) is 22.4. The highest BCUT2D eigenvalue weighted by atomic mass is 32.2. The predicted molar refractivity (Wildman–Crippen MR) is 243 cm³/mol. The van der Waals surface area contributed by atoms with Crippen LogP contribution in [0, 0.1) is 22.7 Å². The first kappa shape index (κ1) is 47.5. The normalized spacial score (nSPS) is 11.8. The lowest BCUT2D eigenvalue weighted by molar-refractivity contribution is -0.136. The molecule has 0 bridgehead atoms. The highest BCUT2D eigenvalue weighted by Crippen LogP contribution is 2.25. The summed E-state index contributed by atoms with van der Waals surface area (Å²) >= 11 is 0. The van der Waals surface area contributed by atoms with Gasteiger partial charge in [0, 0.05) is 36.5 Å². The molecule has 4 rings (SSSR count). The minimum atomic E-state index is -3.64. The van der Waals surface area contributed by atoms with Crippen LogP contribution in [0.15, 0.2) is 118 Å². The summed E-state index contributed by atoms with van der Waals surface area (Å²) in [5, 5.41) is 18.5. The van der Waals surface area contributed by atoms with Crippen molar-refractivity contribution < 1.29 is 27.5 Å². The van der Waals surface area contributed by atoms with E-state index in [1.165, 1.54) is 26.4 Å². The number of nitriles is 2. The van der Waals surface area contributed by atoms with Crippen LogP contribution in [0.25, 0.3) is 12.2 Å². The van der Waals surface area contributed by atoms with Crippen molar-refractivity contribution in [3.8, 4) is 12.1 Å². The molecule has 320 valence electrons. The van der Waals surface area contributed by atoms with Crippen LogP contribution in [0.3, 0.4) is 0 Å². The van der Waals surface area contributed by atoms with Gasteiger partial charge in [-0.05, 0) is 149 Å². The van der Waals surface area contributed by atoms with Gasteiger partial charge in [0.1, 0.15) is 23.3 Å². The zero-order valence-corrected chi connectivity index (χ0v) is 37.1. The van der Waals surface area contributed by atoms with E-state index in [0.29, 0.717) is 10.9 Å². The van der Waals surface area contributed by atoms with Gasteiger partial charge in [0.05, 0.1) is 24.0 Å². The Morgan fingerprint density at radius 1 is 0.557 bits per heavy atom. The van der Waals surface area contributed by atoms with E-state index in [2.05, 4.69) is 47.0 Å². The van der Waals surface area contributed by atoms with Crippen molar-refractivity contribution >= 4 is 45.3 Å². The van der Waals surface area contributed by atoms with Crippen LogP contribution in [0.2, 0.25) is 0 Å². The van der Waals surface area contributed by atoms with Crippen molar-refractivity contribution in [3.63, 3.8) is 0 Å². The van der Waals surface area contributed by atoms with E-state index < -0.39 is 21.8 Å². The SMILES string of the molecule is COC(=O)C(C#N)=Cc1ccc(N(CCCCCCc2ccc(S(=O)(=O)c3ccc(CCCCN(c4ccc(C=C(C#N)C(=O)OC)cc4)C(C)C)cc3)cc2)C(C)C)cc1. The molecule has 10 nitrogen and oxygen atoms in total. The van der Waals surface area contributed by atoms with E-state index in [4.69, 9.17) is 0 Å². The zero-order valence-electron chi connectivity index (χ0n) is 36.3. The van der Waals surface area contributed by atoms with Crippen LogP contribution < -0.4 is 9.80 Å². The molecule has 0 spiro atoms. The Kier molecular flexibility index (Phi) is 18.4. The molecule has 0 N–H and O–H groups in total. The minimum absolute atomic E-state index is 0.0398. The number of carbonyl (C=O) groups excluding carboxylic acids is 2. The summed E-state index contributed by atoms with van der Waals surface area (Å²) in [7, 11) is -1.13. The first-order valence-electron chi connectivity index (χ1n) is 20.9. The number of aryl methyl sites for hydroxylation is 2. The lowest BCUT2D eigenvalue weighted by Crippen LogP contribution is -2.31. The number of nitrogens with zero attached hydrogens (tertiary/aromatic N) is 4. The Bertz CT molecular complexity index is 2300. The third-order valence-electron chi connectivity index (χ3n) is 10.6. The highest BCUT2D eigenvalue weighted by Gasteiger charge is 2.18. The molecule has 0 radical (unpaired) electrons. The fourth-order valence-electron chi connectivity index (χ4n) is 7.10. The van der Waals surface area contributed by atoms with Crippen molar-refractivity contribution in [1.82, 2.24) is 0 Å². The second kappa shape index (κ2) is 23.6. The number of methoxy groups -OCH3 is 2. The molecule has 0 unspecified atom stereocenters. The van der Waals surface area contributed by atoms with E-state index in [9.17, 15) is 28.5 Å². The molecular formula is C50H58N4O6S. The molecule has 61 heavy (non-hydrogen) atoms. The van der Waals surface area contributed by atoms with Crippen molar-refractivity contribution in [2.75, 3.05) is 37.1 Å². The first-order chi connectivity index (χ1) is 29.3. The second-order valence-electron chi connectivity index (χ2n) is 15.5. The van der Waals surface area contributed by atoms with Crippen molar-refractivity contribution in [1.29, 1.82) is 10.5 Å². The minimum Gasteiger partial charge on any atom is -0.465 e. The van der Waals surface area contributed by atoms with Crippen molar-refractivity contribution in [3.05, 3.63) is 130 Å². The standard InChI is InChI=1S/C50H58N4O6S/c1-37(2)53(45-23-15-41(16-24-45)33-43(35-51)49(55)59-5)31-11-8-7-9-13-39-19-27-47(28-20-39)61(57,58)48-29-21-40(22-30-48)14-10-12-32-54(38(3)4)46-25-17-42(18-26-46)34-44(36-52)50(56)60-6/h15-30,33-34,37-38H,7-14,31-32H2,1-6H3. The summed E-state index contributed by atoms with van der Waals surface area (Å²) in [5.74, 6) is -1.31. The van der Waals surface area contributed by atoms with Gasteiger partial charge in [-0.1, -0.05) is 61.4 Å². The van der Waals surface area contributed by atoms with Gasteiger partial charge in [-0.15, -0.1) is 0 Å². The number of benzene rings is 4. The molecule has 0 amide bonds. The van der Waals surface area contributed by atoms with E-state index in [0.717, 1.165) is 98.1 Å². The van der Waals surface area contributed by atoms with Crippen LogP contribution in [0.4, 0.5) is 11.4 Å². The van der Waals surface area contributed by atoms with Crippen LogP contribution in [0.5, 0.6) is 0 Å². The molecule has 0 saturated carbocycles. The van der Waals surface area contributed by atoms with Gasteiger partial charge in [0.25, 0.3) is 0 Å². The van der Waals surface area contributed by atoms with Gasteiger partial charge in [0.15, 0.2) is 0 Å². The molecule has 0 aliphatic rings. The number of rotatable bonds is 22. The summed E-state index contributed by atoms with van der Waals surface area (Å²) < 4.78 is 36.3. The molecule has 0 aliphatic carbocycles. The topological polar surface area (TPSA) is 141 Å².